The van der Waals surface area contributed by atoms with Crippen LogP contribution >= 0.6 is 27.5 Å². The van der Waals surface area contributed by atoms with E-state index >= 15 is 0 Å². The monoisotopic (exact) mass is 344 g/mol. The van der Waals surface area contributed by atoms with Crippen LogP contribution in [-0.4, -0.2) is 37.1 Å². The lowest BCUT2D eigenvalue weighted by atomic mass is 10.1. The summed E-state index contributed by atoms with van der Waals surface area (Å²) >= 11 is 9.58. The minimum absolute atomic E-state index is 0.570. The van der Waals surface area contributed by atoms with Crippen LogP contribution in [0.1, 0.15) is 25.8 Å². The number of hydrogen-bond acceptors (Lipinski definition) is 2. The van der Waals surface area contributed by atoms with Crippen LogP contribution in [0.15, 0.2) is 22.7 Å². The highest BCUT2D eigenvalue weighted by Crippen LogP contribution is 2.27. The summed E-state index contributed by atoms with van der Waals surface area (Å²) in [5.74, 6) is 0.570. The van der Waals surface area contributed by atoms with Crippen LogP contribution in [0.25, 0.3) is 0 Å². The zero-order valence-electron chi connectivity index (χ0n) is 11.7. The highest BCUT2D eigenvalue weighted by Gasteiger charge is 2.21. The van der Waals surface area contributed by atoms with Gasteiger partial charge in [-0.15, -0.1) is 11.6 Å². The molecule has 1 saturated heterocycles. The van der Waals surface area contributed by atoms with Crippen molar-refractivity contribution in [1.82, 2.24) is 4.90 Å². The fourth-order valence-corrected chi connectivity index (χ4v) is 3.25. The van der Waals surface area contributed by atoms with Crippen molar-refractivity contribution in [2.75, 3.05) is 31.1 Å². The Morgan fingerprint density at radius 2 is 1.95 bits per heavy atom. The lowest BCUT2D eigenvalue weighted by molar-refractivity contribution is 0.193. The van der Waals surface area contributed by atoms with Crippen molar-refractivity contribution in [2.24, 2.45) is 0 Å². The van der Waals surface area contributed by atoms with E-state index in [2.05, 4.69) is 57.8 Å². The first-order chi connectivity index (χ1) is 9.15. The van der Waals surface area contributed by atoms with Crippen molar-refractivity contribution in [1.29, 1.82) is 0 Å². The van der Waals surface area contributed by atoms with Gasteiger partial charge in [-0.3, -0.25) is 4.90 Å². The van der Waals surface area contributed by atoms with Crippen molar-refractivity contribution in [2.45, 2.75) is 32.2 Å². The number of rotatable bonds is 4. The van der Waals surface area contributed by atoms with Gasteiger partial charge < -0.3 is 4.90 Å². The van der Waals surface area contributed by atoms with E-state index in [0.717, 1.165) is 30.7 Å². The molecule has 1 unspecified atom stereocenters. The SMILES string of the molecule is CCC(C)N1CCN(c2ccc(Br)cc2CCl)CC1. The number of halogens is 2. The quantitative estimate of drug-likeness (QED) is 0.758. The van der Waals surface area contributed by atoms with Crippen molar-refractivity contribution in [3.05, 3.63) is 28.2 Å². The molecule has 1 aromatic carbocycles. The first-order valence-corrected chi connectivity index (χ1v) is 8.31. The highest BCUT2D eigenvalue weighted by molar-refractivity contribution is 9.10. The van der Waals surface area contributed by atoms with Crippen LogP contribution in [0, 0.1) is 0 Å². The summed E-state index contributed by atoms with van der Waals surface area (Å²) in [6.45, 7) is 9.06. The first kappa shape index (κ1) is 15.1. The van der Waals surface area contributed by atoms with Gasteiger partial charge in [0.25, 0.3) is 0 Å². The van der Waals surface area contributed by atoms with Gasteiger partial charge in [-0.1, -0.05) is 22.9 Å². The Kier molecular flexibility index (Phi) is 5.55. The van der Waals surface area contributed by atoms with Crippen LogP contribution in [0.5, 0.6) is 0 Å². The third kappa shape index (κ3) is 3.65. The predicted octanol–water partition coefficient (Wildman–Crippen LogP) is 4.11. The van der Waals surface area contributed by atoms with Gasteiger partial charge in [-0.25, -0.2) is 0 Å². The van der Waals surface area contributed by atoms with E-state index in [1.54, 1.807) is 0 Å². The Balaban J connectivity index is 2.05. The van der Waals surface area contributed by atoms with Crippen molar-refractivity contribution in [3.8, 4) is 0 Å². The molecular weight excluding hydrogens is 324 g/mol. The van der Waals surface area contributed by atoms with Gasteiger partial charge in [0.05, 0.1) is 0 Å². The molecule has 106 valence electrons. The highest BCUT2D eigenvalue weighted by atomic mass is 79.9. The molecule has 1 aliphatic heterocycles. The molecule has 0 aromatic heterocycles. The maximum absolute atomic E-state index is 6.07. The summed E-state index contributed by atoms with van der Waals surface area (Å²) < 4.78 is 1.10. The van der Waals surface area contributed by atoms with Gasteiger partial charge in [-0.2, -0.15) is 0 Å². The second kappa shape index (κ2) is 6.96. The molecule has 0 spiro atoms. The maximum atomic E-state index is 6.07. The molecular formula is C15H22BrClN2. The fourth-order valence-electron chi connectivity index (χ4n) is 2.63. The van der Waals surface area contributed by atoms with E-state index in [9.17, 15) is 0 Å². The molecule has 0 bridgehead atoms. The van der Waals surface area contributed by atoms with Gasteiger partial charge >= 0.3 is 0 Å². The van der Waals surface area contributed by atoms with Crippen LogP contribution in [0.2, 0.25) is 0 Å². The lowest BCUT2D eigenvalue weighted by Crippen LogP contribution is -2.49. The Morgan fingerprint density at radius 1 is 1.26 bits per heavy atom. The molecule has 2 rings (SSSR count). The van der Waals surface area contributed by atoms with Gasteiger partial charge in [0.1, 0.15) is 0 Å². The molecule has 2 nitrogen and oxygen atoms in total. The Hall–Kier alpha value is -0.250. The van der Waals surface area contributed by atoms with E-state index in [1.165, 1.54) is 17.7 Å². The average Bonchev–Trinajstić information content (AvgIpc) is 2.46. The standard InChI is InChI=1S/C15H22BrClN2/c1-3-12(2)18-6-8-19(9-7-18)15-5-4-14(16)10-13(15)11-17/h4-5,10,12H,3,6-9,11H2,1-2H3. The molecule has 1 atom stereocenters. The zero-order chi connectivity index (χ0) is 13.8. The topological polar surface area (TPSA) is 6.48 Å². The fraction of sp³-hybridized carbons (Fsp3) is 0.600. The predicted molar refractivity (Wildman–Crippen MR) is 87.2 cm³/mol. The van der Waals surface area contributed by atoms with Crippen molar-refractivity contribution >= 4 is 33.2 Å². The van der Waals surface area contributed by atoms with Crippen molar-refractivity contribution < 1.29 is 0 Å². The molecule has 1 aromatic rings. The number of benzene rings is 1. The number of alkyl halides is 1. The minimum Gasteiger partial charge on any atom is -0.369 e. The second-order valence-electron chi connectivity index (χ2n) is 5.19. The molecule has 1 fully saturated rings. The van der Waals surface area contributed by atoms with Gasteiger partial charge in [-0.05, 0) is 37.1 Å². The number of anilines is 1. The molecule has 0 radical (unpaired) electrons. The molecule has 0 aliphatic carbocycles. The Morgan fingerprint density at radius 3 is 2.53 bits per heavy atom. The number of nitrogens with zero attached hydrogens (tertiary/aromatic N) is 2. The normalized spacial score (nSPS) is 18.6. The molecule has 4 heteroatoms. The average molecular weight is 346 g/mol. The smallest absolute Gasteiger partial charge is 0.0494 e. The summed E-state index contributed by atoms with van der Waals surface area (Å²) in [6.07, 6.45) is 1.23. The first-order valence-electron chi connectivity index (χ1n) is 6.99. The third-order valence-corrected chi connectivity index (χ3v) is 4.84. The Labute approximate surface area is 129 Å². The van der Waals surface area contributed by atoms with Crippen LogP contribution in [0.3, 0.4) is 0 Å². The van der Waals surface area contributed by atoms with E-state index in [4.69, 9.17) is 11.6 Å². The summed E-state index contributed by atoms with van der Waals surface area (Å²) in [4.78, 5) is 5.04. The van der Waals surface area contributed by atoms with Crippen LogP contribution in [-0.2, 0) is 5.88 Å². The number of piperazine rings is 1. The van der Waals surface area contributed by atoms with Crippen LogP contribution < -0.4 is 4.90 Å². The molecule has 0 saturated carbocycles. The molecule has 0 N–H and O–H groups in total. The third-order valence-electron chi connectivity index (χ3n) is 4.05. The molecule has 1 heterocycles. The zero-order valence-corrected chi connectivity index (χ0v) is 14.0. The van der Waals surface area contributed by atoms with Gasteiger partial charge in [0, 0.05) is 48.3 Å². The molecule has 19 heavy (non-hydrogen) atoms. The summed E-state index contributed by atoms with van der Waals surface area (Å²) in [6, 6.07) is 7.11. The van der Waals surface area contributed by atoms with E-state index in [1.807, 2.05) is 0 Å². The largest absolute Gasteiger partial charge is 0.369 e. The minimum atomic E-state index is 0.570. The van der Waals surface area contributed by atoms with Crippen molar-refractivity contribution in [3.63, 3.8) is 0 Å². The van der Waals surface area contributed by atoms with Gasteiger partial charge in [0.15, 0.2) is 0 Å². The molecule has 0 amide bonds. The summed E-state index contributed by atoms with van der Waals surface area (Å²) in [7, 11) is 0. The summed E-state index contributed by atoms with van der Waals surface area (Å²) in [5, 5.41) is 0. The number of hydrogen-bond donors (Lipinski definition) is 0. The molecule has 1 aliphatic rings. The van der Waals surface area contributed by atoms with Crippen LogP contribution in [0.4, 0.5) is 5.69 Å². The Bertz CT molecular complexity index is 417. The van der Waals surface area contributed by atoms with E-state index in [0.29, 0.717) is 11.9 Å². The maximum Gasteiger partial charge on any atom is 0.0494 e. The summed E-state index contributed by atoms with van der Waals surface area (Å²) in [5.41, 5.74) is 2.51. The lowest BCUT2D eigenvalue weighted by Gasteiger charge is -2.39. The van der Waals surface area contributed by atoms with E-state index in [-0.39, 0.29) is 0 Å². The van der Waals surface area contributed by atoms with Gasteiger partial charge in [0.2, 0.25) is 0 Å². The van der Waals surface area contributed by atoms with E-state index < -0.39 is 0 Å². The second-order valence-corrected chi connectivity index (χ2v) is 6.37.